The maximum Gasteiger partial charge on any atom is 0.0597 e. The zero-order valence-corrected chi connectivity index (χ0v) is 9.66. The Morgan fingerprint density at radius 1 is 1.67 bits per heavy atom. The van der Waals surface area contributed by atoms with Crippen LogP contribution in [0.5, 0.6) is 0 Å². The largest absolute Gasteiger partial charge is 0.381 e. The number of aromatic nitrogens is 2. The predicted octanol–water partition coefficient (Wildman–Crippen LogP) is 1.03. The smallest absolute Gasteiger partial charge is 0.0597 e. The first-order chi connectivity index (χ1) is 7.22. The number of rotatable bonds is 3. The van der Waals surface area contributed by atoms with Crippen LogP contribution < -0.4 is 5.32 Å². The van der Waals surface area contributed by atoms with Crippen molar-refractivity contribution in [3.05, 3.63) is 17.5 Å². The van der Waals surface area contributed by atoms with E-state index >= 15 is 0 Å². The molecule has 0 aromatic carbocycles. The lowest BCUT2D eigenvalue weighted by molar-refractivity contribution is 0.177. The van der Waals surface area contributed by atoms with Crippen LogP contribution in [-0.2, 0) is 11.8 Å². The second-order valence-corrected chi connectivity index (χ2v) is 4.22. The quantitative estimate of drug-likeness (QED) is 0.808. The van der Waals surface area contributed by atoms with Gasteiger partial charge in [-0.1, -0.05) is 0 Å². The lowest BCUT2D eigenvalue weighted by atomic mass is 9.96. The molecule has 2 rings (SSSR count). The number of hydrogen-bond acceptors (Lipinski definition) is 3. The molecule has 1 aromatic heterocycles. The molecule has 1 saturated heterocycles. The highest BCUT2D eigenvalue weighted by Crippen LogP contribution is 2.28. The molecule has 2 heterocycles. The SMILES string of the molecule is CNC(c1cc(C)nn1C)C1CCOC1. The molecule has 15 heavy (non-hydrogen) atoms. The fourth-order valence-electron chi connectivity index (χ4n) is 2.36. The van der Waals surface area contributed by atoms with Gasteiger partial charge in [0.15, 0.2) is 0 Å². The average molecular weight is 209 g/mol. The first-order valence-corrected chi connectivity index (χ1v) is 5.48. The molecule has 1 aromatic rings. The van der Waals surface area contributed by atoms with E-state index in [1.54, 1.807) is 0 Å². The van der Waals surface area contributed by atoms with Gasteiger partial charge < -0.3 is 10.1 Å². The molecule has 0 amide bonds. The van der Waals surface area contributed by atoms with E-state index in [4.69, 9.17) is 4.74 Å². The van der Waals surface area contributed by atoms with E-state index in [1.165, 1.54) is 5.69 Å². The molecule has 84 valence electrons. The third-order valence-electron chi connectivity index (χ3n) is 3.10. The van der Waals surface area contributed by atoms with Crippen molar-refractivity contribution in [3.63, 3.8) is 0 Å². The highest BCUT2D eigenvalue weighted by molar-refractivity contribution is 5.14. The van der Waals surface area contributed by atoms with Gasteiger partial charge >= 0.3 is 0 Å². The topological polar surface area (TPSA) is 39.1 Å². The fraction of sp³-hybridized carbons (Fsp3) is 0.727. The zero-order valence-electron chi connectivity index (χ0n) is 9.66. The monoisotopic (exact) mass is 209 g/mol. The Labute approximate surface area is 90.6 Å². The third-order valence-corrected chi connectivity index (χ3v) is 3.10. The third kappa shape index (κ3) is 2.06. The van der Waals surface area contributed by atoms with Gasteiger partial charge in [-0.2, -0.15) is 5.10 Å². The van der Waals surface area contributed by atoms with Crippen LogP contribution in [0.4, 0.5) is 0 Å². The highest BCUT2D eigenvalue weighted by Gasteiger charge is 2.27. The van der Waals surface area contributed by atoms with Gasteiger partial charge in [-0.3, -0.25) is 4.68 Å². The van der Waals surface area contributed by atoms with Crippen molar-refractivity contribution in [1.82, 2.24) is 15.1 Å². The van der Waals surface area contributed by atoms with Crippen LogP contribution in [0, 0.1) is 12.8 Å². The van der Waals surface area contributed by atoms with E-state index in [-0.39, 0.29) is 0 Å². The number of ether oxygens (including phenoxy) is 1. The van der Waals surface area contributed by atoms with Crippen LogP contribution in [0.2, 0.25) is 0 Å². The van der Waals surface area contributed by atoms with Crippen molar-refractivity contribution in [3.8, 4) is 0 Å². The second kappa shape index (κ2) is 4.33. The molecule has 1 fully saturated rings. The molecule has 4 heteroatoms. The minimum Gasteiger partial charge on any atom is -0.381 e. The molecule has 4 nitrogen and oxygen atoms in total. The first-order valence-electron chi connectivity index (χ1n) is 5.48. The average Bonchev–Trinajstić information content (AvgIpc) is 2.79. The van der Waals surface area contributed by atoms with Gasteiger partial charge in [0.25, 0.3) is 0 Å². The summed E-state index contributed by atoms with van der Waals surface area (Å²) >= 11 is 0. The van der Waals surface area contributed by atoms with Crippen LogP contribution in [0.3, 0.4) is 0 Å². The van der Waals surface area contributed by atoms with Gasteiger partial charge in [-0.25, -0.2) is 0 Å². The minimum atomic E-state index is 0.360. The molecule has 0 radical (unpaired) electrons. The van der Waals surface area contributed by atoms with Crippen LogP contribution in [0.25, 0.3) is 0 Å². The molecule has 1 N–H and O–H groups in total. The summed E-state index contributed by atoms with van der Waals surface area (Å²) in [5.74, 6) is 0.574. The van der Waals surface area contributed by atoms with Crippen molar-refractivity contribution >= 4 is 0 Å². The molecule has 0 aliphatic carbocycles. The molecule has 2 unspecified atom stereocenters. The van der Waals surface area contributed by atoms with E-state index in [2.05, 4.69) is 16.5 Å². The van der Waals surface area contributed by atoms with Gasteiger partial charge in [-0.15, -0.1) is 0 Å². The van der Waals surface area contributed by atoms with E-state index in [0.29, 0.717) is 12.0 Å². The van der Waals surface area contributed by atoms with Gasteiger partial charge in [0, 0.05) is 19.6 Å². The normalized spacial score (nSPS) is 23.3. The first kappa shape index (κ1) is 10.6. The predicted molar refractivity (Wildman–Crippen MR) is 58.7 cm³/mol. The van der Waals surface area contributed by atoms with Gasteiger partial charge in [0.1, 0.15) is 0 Å². The summed E-state index contributed by atoms with van der Waals surface area (Å²) in [4.78, 5) is 0. The second-order valence-electron chi connectivity index (χ2n) is 4.22. The Morgan fingerprint density at radius 2 is 2.47 bits per heavy atom. The van der Waals surface area contributed by atoms with Gasteiger partial charge in [0.05, 0.1) is 24.0 Å². The number of nitrogens with zero attached hydrogens (tertiary/aromatic N) is 2. The van der Waals surface area contributed by atoms with Crippen LogP contribution in [-0.4, -0.2) is 30.0 Å². The standard InChI is InChI=1S/C11H19N3O/c1-8-6-10(14(3)13-8)11(12-2)9-4-5-15-7-9/h6,9,11-12H,4-5,7H2,1-3H3. The number of nitrogens with one attached hydrogen (secondary N) is 1. The van der Waals surface area contributed by atoms with Crippen molar-refractivity contribution in [2.75, 3.05) is 20.3 Å². The van der Waals surface area contributed by atoms with E-state index in [9.17, 15) is 0 Å². The summed E-state index contributed by atoms with van der Waals surface area (Å²) in [7, 11) is 4.01. The Balaban J connectivity index is 2.21. The molecular formula is C11H19N3O. The Morgan fingerprint density at radius 3 is 2.93 bits per heavy atom. The van der Waals surface area contributed by atoms with Crippen LogP contribution in [0.15, 0.2) is 6.07 Å². The molecule has 1 aliphatic heterocycles. The van der Waals surface area contributed by atoms with Crippen LogP contribution >= 0.6 is 0 Å². The summed E-state index contributed by atoms with van der Waals surface area (Å²) in [6.45, 7) is 3.77. The van der Waals surface area contributed by atoms with Crippen molar-refractivity contribution in [2.45, 2.75) is 19.4 Å². The Kier molecular flexibility index (Phi) is 3.07. The summed E-state index contributed by atoms with van der Waals surface area (Å²) in [5, 5.41) is 7.76. The summed E-state index contributed by atoms with van der Waals surface area (Å²) < 4.78 is 7.41. The van der Waals surface area contributed by atoms with E-state index < -0.39 is 0 Å². The molecular weight excluding hydrogens is 190 g/mol. The number of aryl methyl sites for hydroxylation is 2. The molecule has 0 saturated carbocycles. The van der Waals surface area contributed by atoms with Gasteiger partial charge in [0.2, 0.25) is 0 Å². The van der Waals surface area contributed by atoms with Crippen molar-refractivity contribution < 1.29 is 4.74 Å². The molecule has 0 spiro atoms. The number of hydrogen-bond donors (Lipinski definition) is 1. The highest BCUT2D eigenvalue weighted by atomic mass is 16.5. The maximum atomic E-state index is 5.44. The molecule has 1 aliphatic rings. The molecule has 2 atom stereocenters. The Hall–Kier alpha value is -0.870. The summed E-state index contributed by atoms with van der Waals surface area (Å²) in [6, 6.07) is 2.51. The van der Waals surface area contributed by atoms with E-state index in [1.807, 2.05) is 25.7 Å². The lowest BCUT2D eigenvalue weighted by Gasteiger charge is -2.21. The van der Waals surface area contributed by atoms with E-state index in [0.717, 1.165) is 25.3 Å². The van der Waals surface area contributed by atoms with Gasteiger partial charge in [-0.05, 0) is 26.5 Å². The molecule has 0 bridgehead atoms. The lowest BCUT2D eigenvalue weighted by Crippen LogP contribution is -2.27. The Bertz CT molecular complexity index is 329. The van der Waals surface area contributed by atoms with Crippen molar-refractivity contribution in [1.29, 1.82) is 0 Å². The zero-order chi connectivity index (χ0) is 10.8. The minimum absolute atomic E-state index is 0.360. The van der Waals surface area contributed by atoms with Crippen molar-refractivity contribution in [2.24, 2.45) is 13.0 Å². The fourth-order valence-corrected chi connectivity index (χ4v) is 2.36. The maximum absolute atomic E-state index is 5.44. The summed E-state index contributed by atoms with van der Waals surface area (Å²) in [6.07, 6.45) is 1.13. The summed E-state index contributed by atoms with van der Waals surface area (Å²) in [5.41, 5.74) is 2.33. The van der Waals surface area contributed by atoms with Crippen LogP contribution in [0.1, 0.15) is 23.9 Å².